The molecule has 9 heteroatoms. The summed E-state index contributed by atoms with van der Waals surface area (Å²) in [5.41, 5.74) is -0.0405. The van der Waals surface area contributed by atoms with Crippen molar-refractivity contribution >= 4 is 26.5 Å². The van der Waals surface area contributed by atoms with E-state index in [2.05, 4.69) is 8.37 Å². The third-order valence-corrected chi connectivity index (χ3v) is 2.58. The molecule has 0 amide bonds. The Balaban J connectivity index is 3.21. The Labute approximate surface area is 105 Å². The summed E-state index contributed by atoms with van der Waals surface area (Å²) in [5.74, 6) is -0.449. The lowest BCUT2D eigenvalue weighted by molar-refractivity contribution is 0.112. The van der Waals surface area contributed by atoms with Gasteiger partial charge >= 0.3 is 20.2 Å². The summed E-state index contributed by atoms with van der Waals surface area (Å²) in [6.07, 6.45) is 2.01. The Kier molecular flexibility index (Phi) is 3.97. The van der Waals surface area contributed by atoms with Crippen LogP contribution in [0, 0.1) is 0 Å². The maximum absolute atomic E-state index is 11.0. The maximum Gasteiger partial charge on any atom is 0.306 e. The Hall–Kier alpha value is -1.61. The molecule has 0 radical (unpaired) electrons. The smallest absolute Gasteiger partial charge is 0.306 e. The fourth-order valence-corrected chi connectivity index (χ4v) is 2.00. The van der Waals surface area contributed by atoms with E-state index >= 15 is 0 Å². The van der Waals surface area contributed by atoms with Crippen molar-refractivity contribution in [3.05, 3.63) is 23.8 Å². The quantitative estimate of drug-likeness (QED) is 0.563. The first kappa shape index (κ1) is 14.5. The van der Waals surface area contributed by atoms with Crippen LogP contribution in [0.25, 0.3) is 0 Å². The molecule has 0 heterocycles. The molecule has 0 aliphatic carbocycles. The summed E-state index contributed by atoms with van der Waals surface area (Å²) < 4.78 is 52.8. The van der Waals surface area contributed by atoms with Crippen molar-refractivity contribution in [2.75, 3.05) is 12.5 Å². The molecule has 0 aliphatic rings. The first-order valence-corrected chi connectivity index (χ1v) is 8.12. The van der Waals surface area contributed by atoms with Crippen LogP contribution in [-0.4, -0.2) is 35.6 Å². The average molecular weight is 294 g/mol. The molecule has 1 aromatic rings. The predicted octanol–water partition coefficient (Wildman–Crippen LogP) is 0.176. The van der Waals surface area contributed by atoms with Gasteiger partial charge in [-0.25, -0.2) is 0 Å². The van der Waals surface area contributed by atoms with Crippen LogP contribution in [0.5, 0.6) is 11.5 Å². The van der Waals surface area contributed by atoms with Gasteiger partial charge in [-0.3, -0.25) is 4.79 Å². The van der Waals surface area contributed by atoms with Crippen molar-refractivity contribution in [1.29, 1.82) is 0 Å². The number of hydrogen-bond acceptors (Lipinski definition) is 7. The summed E-state index contributed by atoms with van der Waals surface area (Å²) in [4.78, 5) is 10.7. The topological polar surface area (TPSA) is 104 Å². The lowest BCUT2D eigenvalue weighted by Crippen LogP contribution is -2.09. The molecule has 7 nitrogen and oxygen atoms in total. The fraction of sp³-hybridized carbons (Fsp3) is 0.222. The van der Waals surface area contributed by atoms with Gasteiger partial charge in [0.1, 0.15) is 5.75 Å². The van der Waals surface area contributed by atoms with Crippen molar-refractivity contribution in [2.24, 2.45) is 0 Å². The highest BCUT2D eigenvalue weighted by Gasteiger charge is 2.13. The number of aldehydes is 1. The van der Waals surface area contributed by atoms with Gasteiger partial charge in [0, 0.05) is 6.07 Å². The molecule has 0 N–H and O–H groups in total. The van der Waals surface area contributed by atoms with E-state index < -0.39 is 20.2 Å². The molecule has 0 saturated carbocycles. The first-order valence-electron chi connectivity index (χ1n) is 4.49. The first-order chi connectivity index (χ1) is 8.11. The van der Waals surface area contributed by atoms with Crippen molar-refractivity contribution in [3.63, 3.8) is 0 Å². The highest BCUT2D eigenvalue weighted by atomic mass is 32.2. The highest BCUT2D eigenvalue weighted by molar-refractivity contribution is 7.86. The Bertz CT molecular complexity index is 658. The monoisotopic (exact) mass is 294 g/mol. The molecule has 1 rings (SSSR count). The molecule has 0 aliphatic heterocycles. The highest BCUT2D eigenvalue weighted by Crippen LogP contribution is 2.25. The summed E-state index contributed by atoms with van der Waals surface area (Å²) in [5, 5.41) is 0. The fourth-order valence-electron chi connectivity index (χ4n) is 1.07. The second-order valence-corrected chi connectivity index (χ2v) is 6.54. The van der Waals surface area contributed by atoms with E-state index in [0.717, 1.165) is 18.6 Å². The minimum absolute atomic E-state index is 0.0405. The zero-order chi connectivity index (χ0) is 14.0. The zero-order valence-electron chi connectivity index (χ0n) is 9.48. The number of benzene rings is 1. The van der Waals surface area contributed by atoms with Crippen LogP contribution in [0.3, 0.4) is 0 Å². The molecular weight excluding hydrogens is 284 g/mol. The number of hydrogen-bond donors (Lipinski definition) is 0. The largest absolute Gasteiger partial charge is 0.382 e. The van der Waals surface area contributed by atoms with E-state index in [1.54, 1.807) is 0 Å². The van der Waals surface area contributed by atoms with Crippen LogP contribution < -0.4 is 8.37 Å². The van der Waals surface area contributed by atoms with Crippen LogP contribution in [0.2, 0.25) is 0 Å². The molecular formula is C9H10O7S2. The Morgan fingerprint density at radius 1 is 1.00 bits per heavy atom. The Morgan fingerprint density at radius 3 is 2.00 bits per heavy atom. The van der Waals surface area contributed by atoms with Crippen molar-refractivity contribution in [3.8, 4) is 11.5 Å². The zero-order valence-corrected chi connectivity index (χ0v) is 11.1. The Morgan fingerprint density at radius 2 is 1.56 bits per heavy atom. The van der Waals surface area contributed by atoms with Gasteiger partial charge in [0.05, 0.1) is 18.1 Å². The minimum Gasteiger partial charge on any atom is -0.382 e. The van der Waals surface area contributed by atoms with E-state index in [0.29, 0.717) is 6.29 Å². The van der Waals surface area contributed by atoms with Gasteiger partial charge in [0.25, 0.3) is 0 Å². The van der Waals surface area contributed by atoms with Crippen molar-refractivity contribution in [2.45, 2.75) is 0 Å². The van der Waals surface area contributed by atoms with Gasteiger partial charge in [-0.15, -0.1) is 0 Å². The number of carbonyl (C=O) groups excluding carboxylic acids is 1. The van der Waals surface area contributed by atoms with Crippen molar-refractivity contribution < 1.29 is 30.0 Å². The van der Waals surface area contributed by atoms with Gasteiger partial charge in [-0.1, -0.05) is 0 Å². The molecule has 0 saturated heterocycles. The van der Waals surface area contributed by atoms with Crippen LogP contribution >= 0.6 is 0 Å². The molecule has 100 valence electrons. The lowest BCUT2D eigenvalue weighted by atomic mass is 10.2. The molecule has 0 aromatic heterocycles. The molecule has 0 unspecified atom stereocenters. The van der Waals surface area contributed by atoms with Gasteiger partial charge < -0.3 is 8.37 Å². The van der Waals surface area contributed by atoms with Crippen LogP contribution in [-0.2, 0) is 20.2 Å². The van der Waals surface area contributed by atoms with Gasteiger partial charge in [0.15, 0.2) is 12.0 Å². The predicted molar refractivity (Wildman–Crippen MR) is 62.8 cm³/mol. The molecule has 0 fully saturated rings. The normalized spacial score (nSPS) is 11.9. The van der Waals surface area contributed by atoms with E-state index in [-0.39, 0.29) is 17.1 Å². The van der Waals surface area contributed by atoms with E-state index in [4.69, 9.17) is 0 Å². The number of carbonyl (C=O) groups is 1. The maximum atomic E-state index is 11.0. The molecule has 0 spiro atoms. The second kappa shape index (κ2) is 4.94. The third-order valence-electron chi connectivity index (χ3n) is 1.60. The molecule has 1 aromatic carbocycles. The summed E-state index contributed by atoms with van der Waals surface area (Å²) in [7, 11) is -7.58. The number of rotatable bonds is 5. The van der Waals surface area contributed by atoms with E-state index in [9.17, 15) is 21.6 Å². The van der Waals surface area contributed by atoms with Crippen LogP contribution in [0.1, 0.15) is 10.4 Å². The SMILES string of the molecule is CS(=O)(=O)Oc1ccc(C=O)c(OS(C)(=O)=O)c1. The van der Waals surface area contributed by atoms with E-state index in [1.165, 1.54) is 12.1 Å². The van der Waals surface area contributed by atoms with Crippen LogP contribution in [0.4, 0.5) is 0 Å². The standard InChI is InChI=1S/C9H10O7S2/c1-17(11,12)15-8-4-3-7(6-10)9(5-8)16-18(2,13)14/h3-6H,1-2H3. The average Bonchev–Trinajstić information content (AvgIpc) is 2.12. The summed E-state index contributed by atoms with van der Waals surface area (Å²) in [6, 6.07) is 3.40. The molecule has 0 bridgehead atoms. The summed E-state index contributed by atoms with van der Waals surface area (Å²) in [6.45, 7) is 0. The lowest BCUT2D eigenvalue weighted by Gasteiger charge is -2.08. The van der Waals surface area contributed by atoms with E-state index in [1.807, 2.05) is 0 Å². The van der Waals surface area contributed by atoms with Gasteiger partial charge in [-0.05, 0) is 12.1 Å². The van der Waals surface area contributed by atoms with Gasteiger partial charge in [-0.2, -0.15) is 16.8 Å². The minimum atomic E-state index is -3.83. The summed E-state index contributed by atoms with van der Waals surface area (Å²) >= 11 is 0. The molecule has 0 atom stereocenters. The third kappa shape index (κ3) is 4.72. The van der Waals surface area contributed by atoms with Crippen LogP contribution in [0.15, 0.2) is 18.2 Å². The van der Waals surface area contributed by atoms with Gasteiger partial charge in [0.2, 0.25) is 0 Å². The van der Waals surface area contributed by atoms with Crippen molar-refractivity contribution in [1.82, 2.24) is 0 Å². The molecule has 18 heavy (non-hydrogen) atoms. The second-order valence-electron chi connectivity index (χ2n) is 3.39.